The Morgan fingerprint density at radius 3 is 2.00 bits per heavy atom. The maximum absolute atomic E-state index is 11.8. The van der Waals surface area contributed by atoms with Crippen molar-refractivity contribution in [3.63, 3.8) is 0 Å². The zero-order valence-electron chi connectivity index (χ0n) is 12.6. The summed E-state index contributed by atoms with van der Waals surface area (Å²) >= 11 is 0. The zero-order valence-corrected chi connectivity index (χ0v) is 12.6. The number of ether oxygens (including phenoxy) is 1. The summed E-state index contributed by atoms with van der Waals surface area (Å²) in [6.07, 6.45) is 0.416. The van der Waals surface area contributed by atoms with E-state index in [9.17, 15) is 14.4 Å². The van der Waals surface area contributed by atoms with Crippen molar-refractivity contribution in [2.24, 2.45) is 11.8 Å². The molecule has 0 rings (SSSR count). The standard InChI is InChI=1S/C13H24N2O5/c1-7(2)6-9(12(18)20-5)14-13(19)15-10(8(3)4)11(16)17/h7-10H,6H2,1-5H3,(H,16,17)(H2,14,15,19)/t9?,10-/m1/s1. The van der Waals surface area contributed by atoms with E-state index in [0.29, 0.717) is 6.42 Å². The number of aliphatic carboxylic acids is 1. The van der Waals surface area contributed by atoms with E-state index in [1.807, 2.05) is 13.8 Å². The topological polar surface area (TPSA) is 105 Å². The SMILES string of the molecule is COC(=O)C(CC(C)C)NC(=O)N[C@@H](C(=O)O)C(C)C. The first-order valence-corrected chi connectivity index (χ1v) is 6.56. The molecule has 0 radical (unpaired) electrons. The van der Waals surface area contributed by atoms with Gasteiger partial charge in [-0.1, -0.05) is 27.7 Å². The molecule has 2 amide bonds. The number of carboxylic acids is 1. The van der Waals surface area contributed by atoms with Crippen molar-refractivity contribution in [1.29, 1.82) is 0 Å². The normalized spacial score (nSPS) is 13.8. The van der Waals surface area contributed by atoms with Crippen molar-refractivity contribution in [2.45, 2.75) is 46.2 Å². The minimum atomic E-state index is -1.12. The molecule has 0 aromatic heterocycles. The molecule has 0 aromatic rings. The van der Waals surface area contributed by atoms with Crippen LogP contribution >= 0.6 is 0 Å². The van der Waals surface area contributed by atoms with Gasteiger partial charge in [0, 0.05) is 0 Å². The maximum atomic E-state index is 11.8. The minimum absolute atomic E-state index is 0.180. The zero-order chi connectivity index (χ0) is 15.9. The first-order chi connectivity index (χ1) is 9.18. The molecule has 0 heterocycles. The van der Waals surface area contributed by atoms with Gasteiger partial charge < -0.3 is 20.5 Å². The van der Waals surface area contributed by atoms with Crippen molar-refractivity contribution in [3.8, 4) is 0 Å². The molecule has 116 valence electrons. The van der Waals surface area contributed by atoms with Gasteiger partial charge >= 0.3 is 18.0 Å². The Bertz CT molecular complexity index is 355. The minimum Gasteiger partial charge on any atom is -0.480 e. The van der Waals surface area contributed by atoms with Crippen LogP contribution in [0.15, 0.2) is 0 Å². The van der Waals surface area contributed by atoms with E-state index < -0.39 is 30.1 Å². The number of nitrogens with one attached hydrogen (secondary N) is 2. The Labute approximate surface area is 119 Å². The fourth-order valence-electron chi connectivity index (χ4n) is 1.68. The summed E-state index contributed by atoms with van der Waals surface area (Å²) in [5.41, 5.74) is 0. The second-order valence-corrected chi connectivity index (χ2v) is 5.38. The Morgan fingerprint density at radius 1 is 1.10 bits per heavy atom. The Morgan fingerprint density at radius 2 is 1.65 bits per heavy atom. The predicted molar refractivity (Wildman–Crippen MR) is 73.2 cm³/mol. The predicted octanol–water partition coefficient (Wildman–Crippen LogP) is 0.983. The van der Waals surface area contributed by atoms with E-state index in [1.54, 1.807) is 13.8 Å². The molecule has 0 aliphatic rings. The van der Waals surface area contributed by atoms with Crippen molar-refractivity contribution >= 4 is 18.0 Å². The molecule has 7 heteroatoms. The third-order valence-corrected chi connectivity index (χ3v) is 2.72. The molecule has 7 nitrogen and oxygen atoms in total. The van der Waals surface area contributed by atoms with Gasteiger partial charge in [0.2, 0.25) is 0 Å². The molecule has 0 bridgehead atoms. The van der Waals surface area contributed by atoms with Crippen LogP contribution in [0.5, 0.6) is 0 Å². The second kappa shape index (κ2) is 8.39. The lowest BCUT2D eigenvalue weighted by Gasteiger charge is -2.22. The van der Waals surface area contributed by atoms with Crippen LogP contribution in [0.3, 0.4) is 0 Å². The summed E-state index contributed by atoms with van der Waals surface area (Å²) < 4.78 is 4.62. The molecule has 0 fully saturated rings. The Hall–Kier alpha value is -1.79. The van der Waals surface area contributed by atoms with Gasteiger partial charge in [-0.3, -0.25) is 0 Å². The second-order valence-electron chi connectivity index (χ2n) is 5.38. The van der Waals surface area contributed by atoms with Gasteiger partial charge in [-0.2, -0.15) is 0 Å². The number of urea groups is 1. The molecule has 0 saturated heterocycles. The van der Waals surface area contributed by atoms with Gasteiger partial charge in [0.1, 0.15) is 12.1 Å². The lowest BCUT2D eigenvalue weighted by Crippen LogP contribution is -2.53. The molecular weight excluding hydrogens is 264 g/mol. The number of carbonyl (C=O) groups excluding carboxylic acids is 2. The number of carboxylic acid groups (broad SMARTS) is 1. The lowest BCUT2D eigenvalue weighted by atomic mass is 10.0. The molecule has 0 aliphatic carbocycles. The molecule has 3 N–H and O–H groups in total. The summed E-state index contributed by atoms with van der Waals surface area (Å²) in [5.74, 6) is -1.75. The average molecular weight is 288 g/mol. The van der Waals surface area contributed by atoms with E-state index in [-0.39, 0.29) is 11.8 Å². The number of amides is 2. The highest BCUT2D eigenvalue weighted by molar-refractivity contribution is 5.86. The van der Waals surface area contributed by atoms with Gasteiger partial charge in [-0.25, -0.2) is 14.4 Å². The summed E-state index contributed by atoms with van der Waals surface area (Å²) in [6.45, 7) is 7.18. The highest BCUT2D eigenvalue weighted by atomic mass is 16.5. The molecule has 20 heavy (non-hydrogen) atoms. The summed E-state index contributed by atoms with van der Waals surface area (Å²) in [7, 11) is 1.24. The Kier molecular flexibility index (Phi) is 7.64. The lowest BCUT2D eigenvalue weighted by molar-refractivity contribution is -0.143. The van der Waals surface area contributed by atoms with E-state index in [0.717, 1.165) is 0 Å². The molecular formula is C13H24N2O5. The summed E-state index contributed by atoms with van der Waals surface area (Å²) in [5, 5.41) is 13.8. The van der Waals surface area contributed by atoms with Gasteiger partial charge in [0.25, 0.3) is 0 Å². The highest BCUT2D eigenvalue weighted by Gasteiger charge is 2.27. The van der Waals surface area contributed by atoms with Crippen LogP contribution in [0.2, 0.25) is 0 Å². The third kappa shape index (κ3) is 6.40. The molecule has 0 aliphatic heterocycles. The van der Waals surface area contributed by atoms with Gasteiger partial charge in [-0.05, 0) is 18.3 Å². The fraction of sp³-hybridized carbons (Fsp3) is 0.769. The first-order valence-electron chi connectivity index (χ1n) is 6.56. The molecule has 0 spiro atoms. The highest BCUT2D eigenvalue weighted by Crippen LogP contribution is 2.07. The van der Waals surface area contributed by atoms with Crippen LogP contribution in [-0.4, -0.2) is 42.3 Å². The van der Waals surface area contributed by atoms with Crippen molar-refractivity contribution < 1.29 is 24.2 Å². The van der Waals surface area contributed by atoms with E-state index in [4.69, 9.17) is 5.11 Å². The van der Waals surface area contributed by atoms with Crippen LogP contribution in [0.1, 0.15) is 34.1 Å². The van der Waals surface area contributed by atoms with Crippen molar-refractivity contribution in [2.75, 3.05) is 7.11 Å². The fourth-order valence-corrected chi connectivity index (χ4v) is 1.68. The van der Waals surface area contributed by atoms with Crippen LogP contribution in [0.25, 0.3) is 0 Å². The van der Waals surface area contributed by atoms with E-state index in [1.165, 1.54) is 7.11 Å². The summed E-state index contributed by atoms with van der Waals surface area (Å²) in [6, 6.07) is -2.49. The number of methoxy groups -OCH3 is 1. The first kappa shape index (κ1) is 18.2. The van der Waals surface area contributed by atoms with Crippen LogP contribution in [-0.2, 0) is 14.3 Å². The molecule has 0 aromatic carbocycles. The monoisotopic (exact) mass is 288 g/mol. The Balaban J connectivity index is 4.67. The molecule has 1 unspecified atom stereocenters. The van der Waals surface area contributed by atoms with Crippen LogP contribution in [0.4, 0.5) is 4.79 Å². The van der Waals surface area contributed by atoms with E-state index in [2.05, 4.69) is 15.4 Å². The van der Waals surface area contributed by atoms with Crippen LogP contribution < -0.4 is 10.6 Å². The number of rotatable bonds is 7. The van der Waals surface area contributed by atoms with Gasteiger partial charge in [0.05, 0.1) is 7.11 Å². The van der Waals surface area contributed by atoms with Crippen molar-refractivity contribution in [3.05, 3.63) is 0 Å². The summed E-state index contributed by atoms with van der Waals surface area (Å²) in [4.78, 5) is 34.3. The van der Waals surface area contributed by atoms with Gasteiger partial charge in [-0.15, -0.1) is 0 Å². The molecule has 2 atom stereocenters. The average Bonchev–Trinajstić information content (AvgIpc) is 2.32. The largest absolute Gasteiger partial charge is 0.480 e. The number of carbonyl (C=O) groups is 3. The molecule has 0 saturated carbocycles. The van der Waals surface area contributed by atoms with Crippen LogP contribution in [0, 0.1) is 11.8 Å². The van der Waals surface area contributed by atoms with Gasteiger partial charge in [0.15, 0.2) is 0 Å². The smallest absolute Gasteiger partial charge is 0.328 e. The quantitative estimate of drug-likeness (QED) is 0.606. The number of hydrogen-bond acceptors (Lipinski definition) is 4. The van der Waals surface area contributed by atoms with E-state index >= 15 is 0 Å². The maximum Gasteiger partial charge on any atom is 0.328 e. The van der Waals surface area contributed by atoms with Crippen molar-refractivity contribution in [1.82, 2.24) is 10.6 Å². The third-order valence-electron chi connectivity index (χ3n) is 2.72. The number of esters is 1. The number of hydrogen-bond donors (Lipinski definition) is 3.